The Hall–Kier alpha value is -4.15. The molecule has 0 bridgehead atoms. The van der Waals surface area contributed by atoms with E-state index in [1.807, 2.05) is 18.2 Å². The summed E-state index contributed by atoms with van der Waals surface area (Å²) < 4.78 is 0. The molecule has 1 atom stereocenters. The van der Waals surface area contributed by atoms with Gasteiger partial charge in [-0.25, -0.2) is 5.43 Å². The predicted octanol–water partition coefficient (Wildman–Crippen LogP) is 2.26. The van der Waals surface area contributed by atoms with E-state index in [4.69, 9.17) is 0 Å². The molecule has 1 saturated heterocycles. The Morgan fingerprint density at radius 2 is 1.70 bits per heavy atom. The number of nitrogens with one attached hydrogen (secondary N) is 1. The fraction of sp³-hybridized carbons (Fsp3) is 0.211. The van der Waals surface area contributed by atoms with Crippen molar-refractivity contribution in [1.82, 2.24) is 10.3 Å². The van der Waals surface area contributed by atoms with E-state index in [-0.39, 0.29) is 12.1 Å². The predicted molar refractivity (Wildman–Crippen MR) is 106 cm³/mol. The third-order valence-corrected chi connectivity index (χ3v) is 4.58. The van der Waals surface area contributed by atoms with Crippen LogP contribution in [0.4, 0.5) is 11.4 Å². The van der Waals surface area contributed by atoms with Crippen LogP contribution in [0, 0.1) is 20.2 Å². The number of benzene rings is 2. The Balaban J connectivity index is 1.77. The average molecular weight is 411 g/mol. The molecule has 1 aliphatic heterocycles. The van der Waals surface area contributed by atoms with Gasteiger partial charge in [0.1, 0.15) is 6.04 Å². The highest BCUT2D eigenvalue weighted by atomic mass is 16.6. The van der Waals surface area contributed by atoms with Gasteiger partial charge in [0, 0.05) is 18.7 Å². The first-order chi connectivity index (χ1) is 14.4. The van der Waals surface area contributed by atoms with Crippen molar-refractivity contribution in [3.05, 3.63) is 79.9 Å². The molecule has 0 saturated carbocycles. The maximum atomic E-state index is 12.9. The van der Waals surface area contributed by atoms with Crippen LogP contribution in [0.1, 0.15) is 28.8 Å². The highest BCUT2D eigenvalue weighted by molar-refractivity contribution is 5.99. The molecule has 0 aromatic heterocycles. The number of hydrazone groups is 1. The second kappa shape index (κ2) is 8.90. The Morgan fingerprint density at radius 3 is 2.30 bits per heavy atom. The molecule has 1 fully saturated rings. The first-order valence-corrected chi connectivity index (χ1v) is 8.99. The highest BCUT2D eigenvalue weighted by Gasteiger charge is 2.35. The van der Waals surface area contributed by atoms with Crippen LogP contribution in [0.25, 0.3) is 0 Å². The number of nitrogens with zero attached hydrogens (tertiary/aromatic N) is 4. The number of carbonyl (C=O) groups excluding carboxylic acids is 2. The fourth-order valence-corrected chi connectivity index (χ4v) is 3.16. The monoisotopic (exact) mass is 411 g/mol. The van der Waals surface area contributed by atoms with Crippen molar-refractivity contribution in [1.29, 1.82) is 0 Å². The van der Waals surface area contributed by atoms with E-state index in [2.05, 4.69) is 10.5 Å². The summed E-state index contributed by atoms with van der Waals surface area (Å²) in [6.45, 7) is 0.246. The van der Waals surface area contributed by atoms with E-state index in [9.17, 15) is 29.8 Å². The van der Waals surface area contributed by atoms with Gasteiger partial charge in [-0.1, -0.05) is 30.3 Å². The molecule has 11 heteroatoms. The van der Waals surface area contributed by atoms with Crippen molar-refractivity contribution in [2.75, 3.05) is 6.54 Å². The van der Waals surface area contributed by atoms with E-state index in [0.717, 1.165) is 23.8 Å². The Labute approximate surface area is 170 Å². The number of amides is 2. The lowest BCUT2D eigenvalue weighted by Gasteiger charge is -2.23. The van der Waals surface area contributed by atoms with E-state index in [0.29, 0.717) is 12.8 Å². The molecular formula is C19H17N5O6. The lowest BCUT2D eigenvalue weighted by atomic mass is 10.1. The first-order valence-electron chi connectivity index (χ1n) is 8.99. The van der Waals surface area contributed by atoms with Gasteiger partial charge in [0.2, 0.25) is 0 Å². The molecule has 1 aliphatic rings. The van der Waals surface area contributed by atoms with Crippen LogP contribution < -0.4 is 5.43 Å². The van der Waals surface area contributed by atoms with E-state index in [1.165, 1.54) is 11.1 Å². The largest absolute Gasteiger partial charge is 0.327 e. The molecule has 2 aromatic carbocycles. The zero-order chi connectivity index (χ0) is 21.7. The summed E-state index contributed by atoms with van der Waals surface area (Å²) in [6.07, 6.45) is 2.39. The van der Waals surface area contributed by atoms with Gasteiger partial charge in [-0.2, -0.15) is 5.10 Å². The SMILES string of the molecule is O=C(NN=Cc1ccccc1)[C@H]1CCCN1C(=O)c1cc([N+](=O)[O-])cc([N+](=O)[O-])c1. The topological polar surface area (TPSA) is 148 Å². The molecule has 2 aromatic rings. The van der Waals surface area contributed by atoms with Crippen LogP contribution in [-0.4, -0.2) is 45.4 Å². The van der Waals surface area contributed by atoms with Crippen LogP contribution in [0.5, 0.6) is 0 Å². The number of hydrogen-bond acceptors (Lipinski definition) is 7. The van der Waals surface area contributed by atoms with Gasteiger partial charge in [0.15, 0.2) is 0 Å². The Bertz CT molecular complexity index is 991. The molecule has 30 heavy (non-hydrogen) atoms. The van der Waals surface area contributed by atoms with Crippen LogP contribution in [0.2, 0.25) is 0 Å². The molecule has 1 N–H and O–H groups in total. The Kier molecular flexibility index (Phi) is 6.11. The summed E-state index contributed by atoms with van der Waals surface area (Å²) >= 11 is 0. The van der Waals surface area contributed by atoms with E-state index in [1.54, 1.807) is 12.1 Å². The molecule has 11 nitrogen and oxygen atoms in total. The summed E-state index contributed by atoms with van der Waals surface area (Å²) in [5, 5.41) is 26.0. The molecule has 0 unspecified atom stereocenters. The quantitative estimate of drug-likeness (QED) is 0.438. The van der Waals surface area contributed by atoms with Gasteiger partial charge in [-0.3, -0.25) is 29.8 Å². The van der Waals surface area contributed by atoms with Crippen molar-refractivity contribution < 1.29 is 19.4 Å². The molecule has 2 amide bonds. The van der Waals surface area contributed by atoms with E-state index >= 15 is 0 Å². The van der Waals surface area contributed by atoms with Crippen LogP contribution in [-0.2, 0) is 4.79 Å². The van der Waals surface area contributed by atoms with E-state index < -0.39 is 39.1 Å². The second-order valence-corrected chi connectivity index (χ2v) is 6.55. The minimum absolute atomic E-state index is 0.219. The van der Waals surface area contributed by atoms with Crippen molar-refractivity contribution >= 4 is 29.4 Å². The molecule has 0 aliphatic carbocycles. The summed E-state index contributed by atoms with van der Waals surface area (Å²) in [6, 6.07) is 11.0. The van der Waals surface area contributed by atoms with Crippen LogP contribution in [0.3, 0.4) is 0 Å². The normalized spacial score (nSPS) is 15.9. The standard InChI is InChI=1S/C19H17N5O6/c25-18(21-20-12-13-5-2-1-3-6-13)17-7-4-8-22(17)19(26)14-9-15(23(27)28)11-16(10-14)24(29)30/h1-3,5-6,9-12,17H,4,7-8H2,(H,21,25)/t17-/m1/s1. The molecule has 0 radical (unpaired) electrons. The van der Waals surface area contributed by atoms with Crippen LogP contribution >= 0.6 is 0 Å². The van der Waals surface area contributed by atoms with Gasteiger partial charge in [-0.05, 0) is 18.4 Å². The number of non-ortho nitro benzene ring substituents is 2. The number of hydrogen-bond donors (Lipinski definition) is 1. The second-order valence-electron chi connectivity index (χ2n) is 6.55. The molecular weight excluding hydrogens is 394 g/mol. The van der Waals surface area contributed by atoms with Crippen molar-refractivity contribution in [3.63, 3.8) is 0 Å². The number of carbonyl (C=O) groups is 2. The highest BCUT2D eigenvalue weighted by Crippen LogP contribution is 2.26. The lowest BCUT2D eigenvalue weighted by molar-refractivity contribution is -0.394. The molecule has 154 valence electrons. The van der Waals surface area contributed by atoms with Crippen molar-refractivity contribution in [3.8, 4) is 0 Å². The van der Waals surface area contributed by atoms with Gasteiger partial charge < -0.3 is 4.90 Å². The maximum Gasteiger partial charge on any atom is 0.277 e. The fourth-order valence-electron chi connectivity index (χ4n) is 3.16. The van der Waals surface area contributed by atoms with Crippen LogP contribution in [0.15, 0.2) is 53.6 Å². The number of likely N-dealkylation sites (tertiary alicyclic amines) is 1. The summed E-state index contributed by atoms with van der Waals surface area (Å²) in [4.78, 5) is 47.1. The lowest BCUT2D eigenvalue weighted by Crippen LogP contribution is -2.44. The van der Waals surface area contributed by atoms with Gasteiger partial charge in [-0.15, -0.1) is 0 Å². The average Bonchev–Trinajstić information content (AvgIpc) is 3.23. The van der Waals surface area contributed by atoms with Gasteiger partial charge >= 0.3 is 0 Å². The number of nitro benzene ring substituents is 2. The van der Waals surface area contributed by atoms with Gasteiger partial charge in [0.05, 0.1) is 27.7 Å². The smallest absolute Gasteiger partial charge is 0.277 e. The van der Waals surface area contributed by atoms with Crippen molar-refractivity contribution in [2.45, 2.75) is 18.9 Å². The van der Waals surface area contributed by atoms with Gasteiger partial charge in [0.25, 0.3) is 23.2 Å². The zero-order valence-electron chi connectivity index (χ0n) is 15.6. The summed E-state index contributed by atoms with van der Waals surface area (Å²) in [5.41, 5.74) is 1.81. The van der Waals surface area contributed by atoms with Crippen molar-refractivity contribution in [2.24, 2.45) is 5.10 Å². The first kappa shape index (κ1) is 20.6. The molecule has 1 heterocycles. The maximum absolute atomic E-state index is 12.9. The Morgan fingerprint density at radius 1 is 1.07 bits per heavy atom. The molecule has 3 rings (SSSR count). The minimum Gasteiger partial charge on any atom is -0.327 e. The minimum atomic E-state index is -0.830. The molecule has 0 spiro atoms. The summed E-state index contributed by atoms with van der Waals surface area (Å²) in [5.74, 6) is -1.19. The third-order valence-electron chi connectivity index (χ3n) is 4.58. The summed E-state index contributed by atoms with van der Waals surface area (Å²) in [7, 11) is 0. The third kappa shape index (κ3) is 4.63. The zero-order valence-corrected chi connectivity index (χ0v) is 15.6. The number of rotatable bonds is 6. The number of nitro groups is 2.